The van der Waals surface area contributed by atoms with Crippen LogP contribution < -0.4 is 54.3 Å². The highest BCUT2D eigenvalue weighted by Crippen LogP contribution is 2.33. The molecule has 3 aliphatic heterocycles. The number of nitrogens with one attached hydrogen (secondary N) is 6. The number of benzene rings is 3. The Balaban J connectivity index is 0.000000166. The van der Waals surface area contributed by atoms with Crippen molar-refractivity contribution < 1.29 is 19.1 Å². The van der Waals surface area contributed by atoms with Crippen LogP contribution in [0.2, 0.25) is 0 Å². The number of alkyl halides is 1. The highest BCUT2D eigenvalue weighted by Gasteiger charge is 2.29. The van der Waals surface area contributed by atoms with Crippen molar-refractivity contribution in [3.05, 3.63) is 210 Å². The number of carbonyl (C=O) groups excluding carboxylic acids is 2. The highest BCUT2D eigenvalue weighted by molar-refractivity contribution is 9.09. The number of fused-ring (bicyclic) bond motifs is 6. The number of nitrogens with zero attached hydrogens (tertiary/aromatic N) is 17. The van der Waals surface area contributed by atoms with Gasteiger partial charge >= 0.3 is 12.2 Å². The van der Waals surface area contributed by atoms with Gasteiger partial charge in [-0.2, -0.15) is 15.0 Å². The predicted octanol–water partition coefficient (Wildman–Crippen LogP) is 16.7. The number of hydrogen-bond acceptors (Lipinski definition) is 23. The van der Waals surface area contributed by atoms with Crippen LogP contribution in [0.4, 0.5) is 44.5 Å². The summed E-state index contributed by atoms with van der Waals surface area (Å²) in [6.07, 6.45) is 15.2. The van der Waals surface area contributed by atoms with E-state index in [0.717, 1.165) is 154 Å². The van der Waals surface area contributed by atoms with Crippen molar-refractivity contribution in [2.24, 2.45) is 5.73 Å². The lowest BCUT2D eigenvalue weighted by atomic mass is 9.91. The largest absolute Gasteiger partial charge is 0.444 e. The second-order valence-corrected chi connectivity index (χ2v) is 39.9. The third-order valence-corrected chi connectivity index (χ3v) is 22.6. The zero-order chi connectivity index (χ0) is 93.2. The van der Waals surface area contributed by atoms with Gasteiger partial charge in [0.15, 0.2) is 16.9 Å². The van der Waals surface area contributed by atoms with E-state index in [2.05, 4.69) is 192 Å². The molecule has 0 spiro atoms. The first-order valence-electron chi connectivity index (χ1n) is 45.0. The van der Waals surface area contributed by atoms with Gasteiger partial charge in [0.1, 0.15) is 27.4 Å². The Kier molecular flexibility index (Phi) is 30.7. The number of amides is 2. The molecule has 688 valence electrons. The second-order valence-electron chi connectivity index (χ2n) is 39.1. The highest BCUT2D eigenvalue weighted by atomic mass is 79.9. The summed E-state index contributed by atoms with van der Waals surface area (Å²) in [7, 11) is 0. The van der Waals surface area contributed by atoms with E-state index in [1.807, 2.05) is 146 Å². The lowest BCUT2D eigenvalue weighted by Crippen LogP contribution is -2.36. The van der Waals surface area contributed by atoms with E-state index in [4.69, 9.17) is 30.2 Å². The number of hydrogen-bond donors (Lipinski definition) is 7. The molecule has 129 heavy (non-hydrogen) atoms. The molecule has 3 aromatic carbocycles. The summed E-state index contributed by atoms with van der Waals surface area (Å²) in [5.74, 6) is 1.34. The number of pyridine rings is 3. The Morgan fingerprint density at radius 1 is 0.442 bits per heavy atom. The number of halogens is 1. The molecule has 8 N–H and O–H groups in total. The topological polar surface area (TPSA) is 354 Å². The first kappa shape index (κ1) is 96.5. The molecule has 9 aromatic heterocycles. The van der Waals surface area contributed by atoms with Crippen molar-refractivity contribution in [3.8, 4) is 17.1 Å². The maximum absolute atomic E-state index is 13.5. The molecule has 0 atom stereocenters. The first-order valence-corrected chi connectivity index (χ1v) is 46.1. The zero-order valence-corrected chi connectivity index (χ0v) is 80.6. The van der Waals surface area contributed by atoms with Gasteiger partial charge in [-0.3, -0.25) is 39.1 Å². The smallest absolute Gasteiger partial charge is 0.407 e. The molecule has 0 aliphatic carbocycles. The molecule has 32 heteroatoms. The number of rotatable bonds is 22. The Labute approximate surface area is 764 Å². The monoisotopic (exact) mass is 1820 g/mol. The van der Waals surface area contributed by atoms with Crippen molar-refractivity contribution >= 4 is 96.1 Å². The van der Waals surface area contributed by atoms with Gasteiger partial charge in [-0.05, 0) is 247 Å². The van der Waals surface area contributed by atoms with Gasteiger partial charge in [0, 0.05) is 163 Å². The minimum Gasteiger partial charge on any atom is -0.444 e. The van der Waals surface area contributed by atoms with Crippen molar-refractivity contribution in [2.75, 3.05) is 73.6 Å². The fourth-order valence-electron chi connectivity index (χ4n) is 15.6. The van der Waals surface area contributed by atoms with E-state index in [-0.39, 0.29) is 63.2 Å². The summed E-state index contributed by atoms with van der Waals surface area (Å²) in [6.45, 7) is 51.8. The summed E-state index contributed by atoms with van der Waals surface area (Å²) >= 11 is 3.27. The van der Waals surface area contributed by atoms with Gasteiger partial charge in [0.25, 0.3) is 16.7 Å². The molecule has 0 bridgehead atoms. The molecule has 0 radical (unpaired) electrons. The number of ether oxygens (including phenoxy) is 2. The third-order valence-electron chi connectivity index (χ3n) is 22.0. The maximum Gasteiger partial charge on any atom is 0.407 e. The number of carbonyl (C=O) groups is 2. The van der Waals surface area contributed by atoms with Crippen LogP contribution in [0.3, 0.4) is 0 Å². The summed E-state index contributed by atoms with van der Waals surface area (Å²) in [6, 6.07) is 30.8. The Bertz CT molecular complexity index is 6140. The van der Waals surface area contributed by atoms with Crippen LogP contribution >= 0.6 is 15.9 Å². The summed E-state index contributed by atoms with van der Waals surface area (Å²) in [4.78, 5) is 110. The van der Waals surface area contributed by atoms with Crippen LogP contribution in [-0.2, 0) is 64.6 Å². The minimum absolute atomic E-state index is 0.0568. The molecule has 0 unspecified atom stereocenters. The molecule has 0 fully saturated rings. The van der Waals surface area contributed by atoms with E-state index in [9.17, 15) is 24.0 Å². The molecule has 15 rings (SSSR count). The van der Waals surface area contributed by atoms with Gasteiger partial charge in [-0.15, -0.1) is 0 Å². The van der Waals surface area contributed by atoms with E-state index in [1.165, 1.54) is 33.4 Å². The Morgan fingerprint density at radius 3 is 1.12 bits per heavy atom. The van der Waals surface area contributed by atoms with Crippen LogP contribution in [0, 0.1) is 0 Å². The Hall–Kier alpha value is -11.6. The second kappa shape index (κ2) is 41.0. The predicted molar refractivity (Wildman–Crippen MR) is 518 cm³/mol. The number of nitrogens with two attached hydrogens (primary N) is 1. The van der Waals surface area contributed by atoms with Crippen molar-refractivity contribution in [2.45, 2.75) is 249 Å². The minimum atomic E-state index is -0.494. The fraction of sp³-hybridized carbons (Fsp3) is 0.485. The zero-order valence-electron chi connectivity index (χ0n) is 79.0. The van der Waals surface area contributed by atoms with E-state index in [1.54, 1.807) is 51.2 Å². The van der Waals surface area contributed by atoms with Crippen LogP contribution in [0.25, 0.3) is 50.2 Å². The third kappa shape index (κ3) is 24.5. The van der Waals surface area contributed by atoms with E-state index >= 15 is 0 Å². The number of aromatic nitrogens is 15. The van der Waals surface area contributed by atoms with E-state index < -0.39 is 11.2 Å². The lowest BCUT2D eigenvalue weighted by Gasteiger charge is -2.29. The van der Waals surface area contributed by atoms with Gasteiger partial charge in [0.2, 0.25) is 17.8 Å². The average molecular weight is 1830 g/mol. The summed E-state index contributed by atoms with van der Waals surface area (Å²) < 4.78 is 21.2. The van der Waals surface area contributed by atoms with Gasteiger partial charge in [-0.1, -0.05) is 96.4 Å². The molecule has 31 nitrogen and oxygen atoms in total. The molecule has 3 aliphatic rings. The first-order chi connectivity index (χ1) is 61.0. The fourth-order valence-corrected chi connectivity index (χ4v) is 15.9. The van der Waals surface area contributed by atoms with Crippen molar-refractivity contribution in [1.29, 1.82) is 0 Å². The quantitative estimate of drug-likeness (QED) is 0.0245. The average Bonchev–Trinajstić information content (AvgIpc) is 1.61. The summed E-state index contributed by atoms with van der Waals surface area (Å²) in [5.41, 5.74) is 21.8. The van der Waals surface area contributed by atoms with Gasteiger partial charge in [0.05, 0.1) is 17.1 Å². The van der Waals surface area contributed by atoms with Crippen LogP contribution in [0.15, 0.2) is 143 Å². The van der Waals surface area contributed by atoms with Crippen LogP contribution in [-0.4, -0.2) is 164 Å². The Morgan fingerprint density at radius 2 is 0.783 bits per heavy atom. The number of anilines is 6. The number of alkyl carbamates (subject to hydrolysis) is 2. The van der Waals surface area contributed by atoms with Crippen LogP contribution in [0.1, 0.15) is 233 Å². The molecular weight excluding hydrogens is 1690 g/mol. The van der Waals surface area contributed by atoms with Crippen LogP contribution in [0.5, 0.6) is 0 Å². The van der Waals surface area contributed by atoms with Gasteiger partial charge in [-0.25, -0.2) is 52.6 Å². The molecule has 2 amide bonds. The molecule has 0 saturated carbocycles. The SMILES string of the molecule is CC(C)(C)OC(=O)NCCCBr.CC(C)n1c(=O)c2cnc(Nc3ccc4c(c3)CCN(CCCN)C4)nc2n1-c1ccnc(C(C)(C)C)c1.CC(C)n1c(=O)c2cnc(Nc3ccc4c(c3)CCN(CCCNC(=O)OC(C)(C)C)C4)nc2n1-c1ccnc(C(C)(C)C)c1.CC(C)n1c(=O)c2cnc(Nc3ccc4c(c3)CCNC4)nc2n1-c1ccnc(C(C)(C)C)c1. The normalized spacial score (nSPS) is 13.8. The maximum atomic E-state index is 13.5. The molecule has 0 saturated heterocycles. The van der Waals surface area contributed by atoms with Crippen molar-refractivity contribution in [3.63, 3.8) is 0 Å². The van der Waals surface area contributed by atoms with Crippen molar-refractivity contribution in [1.82, 2.24) is 98.7 Å². The molecule has 12 heterocycles. The standard InChI is InChI=1S/C34H46N8O3.C29H38N8O.C26H31N7O.C8H16BrNO2/c1-22(2)41-30(43)27-20-37-31(39-29(27)42(41)26-12-15-35-28(19-26)33(3,4)5)38-25-11-10-24-21-40(17-13-23(24)18-25)16-9-14-36-32(44)45-34(6,7)8;1-19(2)36-27(38)24-17-32-28(34-26(24)37(36)23-9-12-31-25(16-23)29(3,4)5)33-22-8-7-21-18-35(13-6-11-30)14-10-20(21)15-22;1-16(2)32-24(34)21-15-29-25(30-19-7-6-18-14-27-10-8-17(18)12-19)31-23(21)33(32)20-9-11-28-22(13-20)26(3,4)5;1-8(2,3)12-7(11)10-6-4-5-9/h10-12,15,18-20,22H,9,13-14,16-17,21H2,1-8H3,(H,36,44)(H,37,38,39);7-9,12,15-17,19H,6,10-11,13-14,18,30H2,1-5H3,(H,32,33,34);6-7,9,11-13,15-16,27H,8,10,14H2,1-5H3,(H,29,30,31);4-6H2,1-3H3,(H,10,11). The molecular formula is C97H131BrN24O7. The van der Waals surface area contributed by atoms with Gasteiger partial charge < -0.3 is 47.1 Å². The van der Waals surface area contributed by atoms with E-state index in [0.29, 0.717) is 64.0 Å². The summed E-state index contributed by atoms with van der Waals surface area (Å²) in [5, 5.41) is 21.3. The molecule has 12 aromatic rings. The lowest BCUT2D eigenvalue weighted by molar-refractivity contribution is 0.0515.